The molecule has 3 aliphatic rings. The fourth-order valence-corrected chi connectivity index (χ4v) is 9.81. The quantitative estimate of drug-likeness (QED) is 0.130. The minimum Gasteiger partial charge on any atom is -0.495 e. The summed E-state index contributed by atoms with van der Waals surface area (Å²) in [6.45, 7) is 8.00. The van der Waals surface area contributed by atoms with Crippen LogP contribution in [-0.2, 0) is 0 Å². The fraction of sp³-hybridized carbons (Fsp3) is 0.173. The SMILES string of the molecule is CC.CC.COc1c(-c2cccc(C3=CC(n4c5c(c6ccccc64)=CCC=CC=5)=NC(c4ccccc4)P3)c2)ccc2c3c(c4ccccc4c12)=CCCC=3. The van der Waals surface area contributed by atoms with Gasteiger partial charge in [0.25, 0.3) is 0 Å². The Morgan fingerprint density at radius 1 is 0.661 bits per heavy atom. The monoisotopic (exact) mass is 748 g/mol. The van der Waals surface area contributed by atoms with Gasteiger partial charge in [-0.05, 0) is 98.2 Å². The van der Waals surface area contributed by atoms with Gasteiger partial charge in [-0.25, -0.2) is 0 Å². The van der Waals surface area contributed by atoms with Gasteiger partial charge in [-0.1, -0.05) is 164 Å². The van der Waals surface area contributed by atoms with Crippen molar-refractivity contribution in [1.29, 1.82) is 0 Å². The number of hydrogen-bond acceptors (Lipinski definition) is 2. The molecule has 56 heavy (non-hydrogen) atoms. The number of fused-ring (bicyclic) bond motifs is 9. The number of aromatic nitrogens is 1. The van der Waals surface area contributed by atoms with E-state index in [1.54, 1.807) is 0 Å². The molecule has 2 heterocycles. The molecule has 0 bridgehead atoms. The first-order valence-electron chi connectivity index (χ1n) is 20.2. The van der Waals surface area contributed by atoms with E-state index in [2.05, 4.69) is 162 Å². The summed E-state index contributed by atoms with van der Waals surface area (Å²) < 4.78 is 8.74. The zero-order valence-electron chi connectivity index (χ0n) is 33.0. The minimum absolute atomic E-state index is 0.0165. The second-order valence-electron chi connectivity index (χ2n) is 13.7. The lowest BCUT2D eigenvalue weighted by molar-refractivity contribution is 0.421. The summed E-state index contributed by atoms with van der Waals surface area (Å²) in [6, 6.07) is 41.9. The Hall–Kier alpha value is -5.76. The van der Waals surface area contributed by atoms with Crippen LogP contribution < -0.4 is 25.7 Å². The van der Waals surface area contributed by atoms with E-state index in [-0.39, 0.29) is 5.78 Å². The average molecular weight is 749 g/mol. The van der Waals surface area contributed by atoms with Gasteiger partial charge < -0.3 is 4.74 Å². The topological polar surface area (TPSA) is 26.5 Å². The standard InChI is InChI=1S/C48H37N2OP.2C2H6/c1-51-47-34(27-28-41-37-21-9-8-19-35(37)36-20-10-11-24-40(36)46(41)47)32-17-14-18-33(29-32)44-30-45(49-48(52-44)31-15-4-2-5-16-31)50-42-25-7-3-6-22-38(42)39-23-12-13-26-43(39)50;2*1-2/h2-5,7,10-30,48,52H,6,8-9H2,1H3;2*1-2H3. The number of aliphatic imine (C=N–C) groups is 1. The smallest absolute Gasteiger partial charge is 0.135 e. The maximum Gasteiger partial charge on any atom is 0.135 e. The second-order valence-corrected chi connectivity index (χ2v) is 15.1. The molecule has 278 valence electrons. The van der Waals surface area contributed by atoms with E-state index in [1.807, 2.05) is 34.8 Å². The highest BCUT2D eigenvalue weighted by Crippen LogP contribution is 2.50. The lowest BCUT2D eigenvalue weighted by Gasteiger charge is -2.24. The summed E-state index contributed by atoms with van der Waals surface area (Å²) >= 11 is 0. The van der Waals surface area contributed by atoms with Crippen molar-refractivity contribution in [3.63, 3.8) is 0 Å². The summed E-state index contributed by atoms with van der Waals surface area (Å²) in [6.07, 6.45) is 19.2. The molecule has 2 atom stereocenters. The number of ether oxygens (including phenoxy) is 1. The van der Waals surface area contributed by atoms with Crippen LogP contribution in [-0.4, -0.2) is 17.5 Å². The molecule has 10 rings (SSSR count). The Morgan fingerprint density at radius 3 is 2.14 bits per heavy atom. The molecule has 0 amide bonds. The second kappa shape index (κ2) is 16.5. The molecule has 2 unspecified atom stereocenters. The number of nitrogens with zero attached hydrogens (tertiary/aromatic N) is 2. The van der Waals surface area contributed by atoms with Gasteiger partial charge in [-0.3, -0.25) is 9.56 Å². The zero-order valence-corrected chi connectivity index (χ0v) is 34.0. The van der Waals surface area contributed by atoms with Gasteiger partial charge in [0.05, 0.1) is 23.8 Å². The van der Waals surface area contributed by atoms with Crippen molar-refractivity contribution in [2.45, 2.75) is 52.7 Å². The molecule has 3 nitrogen and oxygen atoms in total. The normalized spacial score (nSPS) is 15.9. The molecule has 6 aromatic carbocycles. The Morgan fingerprint density at radius 2 is 1.36 bits per heavy atom. The fourth-order valence-electron chi connectivity index (χ4n) is 8.43. The van der Waals surface area contributed by atoms with Crippen LogP contribution in [0.4, 0.5) is 0 Å². The van der Waals surface area contributed by atoms with Gasteiger partial charge in [0, 0.05) is 21.6 Å². The van der Waals surface area contributed by atoms with Crippen LogP contribution in [0.2, 0.25) is 0 Å². The molecule has 7 aromatic rings. The molecule has 4 heteroatoms. The van der Waals surface area contributed by atoms with Gasteiger partial charge >= 0.3 is 0 Å². The third kappa shape index (κ3) is 6.55. The maximum atomic E-state index is 6.37. The number of benzene rings is 6. The van der Waals surface area contributed by atoms with E-state index < -0.39 is 0 Å². The van der Waals surface area contributed by atoms with Crippen molar-refractivity contribution >= 4 is 76.5 Å². The zero-order chi connectivity index (χ0) is 38.6. The minimum atomic E-state index is 0.0165. The van der Waals surface area contributed by atoms with Crippen LogP contribution in [0.15, 0.2) is 138 Å². The van der Waals surface area contributed by atoms with E-state index in [0.717, 1.165) is 42.0 Å². The van der Waals surface area contributed by atoms with Crippen LogP contribution in [0.5, 0.6) is 5.75 Å². The lowest BCUT2D eigenvalue weighted by Crippen LogP contribution is -2.33. The van der Waals surface area contributed by atoms with Crippen LogP contribution in [0.3, 0.4) is 0 Å². The van der Waals surface area contributed by atoms with Gasteiger partial charge in [0.1, 0.15) is 11.6 Å². The number of allylic oxidation sites excluding steroid dienone is 3. The van der Waals surface area contributed by atoms with Crippen molar-refractivity contribution in [2.75, 3.05) is 7.11 Å². The Bertz CT molecular complexity index is 2950. The number of hydrogen-bond donors (Lipinski definition) is 0. The Labute approximate surface area is 331 Å². The highest BCUT2D eigenvalue weighted by Gasteiger charge is 2.23. The van der Waals surface area contributed by atoms with E-state index in [1.165, 1.54) is 69.9 Å². The van der Waals surface area contributed by atoms with Crippen molar-refractivity contribution in [3.8, 4) is 16.9 Å². The first kappa shape index (κ1) is 37.2. The molecular formula is C52H49N2OP. The van der Waals surface area contributed by atoms with Gasteiger partial charge in [-0.15, -0.1) is 0 Å². The number of rotatable bonds is 4. The largest absolute Gasteiger partial charge is 0.495 e. The number of para-hydroxylation sites is 1. The summed E-state index contributed by atoms with van der Waals surface area (Å²) in [4.78, 5) is 5.50. The number of methoxy groups -OCH3 is 1. The molecular weight excluding hydrogens is 700 g/mol. The van der Waals surface area contributed by atoms with Gasteiger partial charge in [-0.2, -0.15) is 0 Å². The highest BCUT2D eigenvalue weighted by molar-refractivity contribution is 7.51. The summed E-state index contributed by atoms with van der Waals surface area (Å²) in [5, 5.41) is 12.7. The molecule has 0 saturated carbocycles. The predicted octanol–water partition coefficient (Wildman–Crippen LogP) is 11.2. The lowest BCUT2D eigenvalue weighted by atomic mass is 9.91. The summed E-state index contributed by atoms with van der Waals surface area (Å²) in [7, 11) is 2.30. The third-order valence-corrected chi connectivity index (χ3v) is 12.2. The average Bonchev–Trinajstić information content (AvgIpc) is 3.40. The van der Waals surface area contributed by atoms with Crippen molar-refractivity contribution in [1.82, 2.24) is 4.57 Å². The van der Waals surface area contributed by atoms with Crippen LogP contribution >= 0.6 is 8.58 Å². The molecule has 1 aromatic heterocycles. The van der Waals surface area contributed by atoms with Crippen molar-refractivity contribution in [3.05, 3.63) is 166 Å². The molecule has 0 spiro atoms. The van der Waals surface area contributed by atoms with Crippen LogP contribution in [0, 0.1) is 0 Å². The molecule has 0 saturated heterocycles. The van der Waals surface area contributed by atoms with E-state index in [4.69, 9.17) is 9.73 Å². The molecule has 0 fully saturated rings. The third-order valence-electron chi connectivity index (χ3n) is 10.7. The highest BCUT2D eigenvalue weighted by atomic mass is 31.1. The maximum absolute atomic E-state index is 6.37. The molecule has 2 aliphatic carbocycles. The first-order valence-corrected chi connectivity index (χ1v) is 21.2. The van der Waals surface area contributed by atoms with E-state index in [0.29, 0.717) is 8.58 Å². The van der Waals surface area contributed by atoms with Gasteiger partial charge in [0.15, 0.2) is 0 Å². The van der Waals surface area contributed by atoms with E-state index in [9.17, 15) is 0 Å². The van der Waals surface area contributed by atoms with Crippen LogP contribution in [0.25, 0.3) is 73.2 Å². The summed E-state index contributed by atoms with van der Waals surface area (Å²) in [5.74, 6) is 1.92. The predicted molar refractivity (Wildman–Crippen MR) is 246 cm³/mol. The van der Waals surface area contributed by atoms with E-state index >= 15 is 0 Å². The first-order chi connectivity index (χ1) is 27.8. The molecule has 1 aliphatic heterocycles. The summed E-state index contributed by atoms with van der Waals surface area (Å²) in [5.41, 5.74) is 5.88. The molecule has 0 radical (unpaired) electrons. The Balaban J connectivity index is 0.00000107. The van der Waals surface area contributed by atoms with Crippen molar-refractivity contribution in [2.24, 2.45) is 4.99 Å². The molecule has 0 N–H and O–H groups in total. The Kier molecular flexibility index (Phi) is 11.0. The van der Waals surface area contributed by atoms with Gasteiger partial charge in [0.2, 0.25) is 0 Å². The van der Waals surface area contributed by atoms with Crippen molar-refractivity contribution < 1.29 is 4.74 Å². The van der Waals surface area contributed by atoms with Crippen LogP contribution in [0.1, 0.15) is 63.9 Å².